The lowest BCUT2D eigenvalue weighted by Crippen LogP contribution is -2.50. The molecule has 1 unspecified atom stereocenters. The Bertz CT molecular complexity index is 699. The Kier molecular flexibility index (Phi) is 11.2. The molecule has 1 N–H and O–H groups in total. The third-order valence-corrected chi connectivity index (χ3v) is 5.71. The Balaban J connectivity index is 0.00000210. The number of aryl methyl sites for hydroxylation is 1. The number of halogens is 2. The van der Waals surface area contributed by atoms with Gasteiger partial charge < -0.3 is 19.5 Å². The van der Waals surface area contributed by atoms with Gasteiger partial charge in [0.1, 0.15) is 5.56 Å². The van der Waals surface area contributed by atoms with Gasteiger partial charge in [0.05, 0.1) is 6.61 Å². The lowest BCUT2D eigenvalue weighted by molar-refractivity contribution is 0.0591. The lowest BCUT2D eigenvalue weighted by atomic mass is 9.99. The van der Waals surface area contributed by atoms with Crippen molar-refractivity contribution in [2.45, 2.75) is 26.3 Å². The van der Waals surface area contributed by atoms with E-state index in [1.54, 1.807) is 11.7 Å². The Morgan fingerprint density at radius 2 is 1.97 bits per heavy atom. The minimum Gasteiger partial charge on any atom is -0.383 e. The fourth-order valence-corrected chi connectivity index (χ4v) is 3.98. The number of nitrogens with zero attached hydrogens (tertiary/aromatic N) is 3. The van der Waals surface area contributed by atoms with E-state index < -0.39 is 0 Å². The van der Waals surface area contributed by atoms with Crippen molar-refractivity contribution < 1.29 is 9.53 Å². The molecule has 0 aliphatic carbocycles. The van der Waals surface area contributed by atoms with Gasteiger partial charge >= 0.3 is 0 Å². The summed E-state index contributed by atoms with van der Waals surface area (Å²) in [6.07, 6.45) is 4.11. The summed E-state index contributed by atoms with van der Waals surface area (Å²) >= 11 is 0. The molecular formula is C20H34Cl2N4O3. The average Bonchev–Trinajstić information content (AvgIpc) is 2.70. The molecule has 0 radical (unpaired) electrons. The summed E-state index contributed by atoms with van der Waals surface area (Å²) in [6.45, 7) is 9.06. The minimum absolute atomic E-state index is 0. The molecular weight excluding hydrogens is 415 g/mol. The molecule has 3 heterocycles. The van der Waals surface area contributed by atoms with Gasteiger partial charge in [0.2, 0.25) is 0 Å². The molecule has 7 nitrogen and oxygen atoms in total. The first-order valence-electron chi connectivity index (χ1n) is 10.0. The molecule has 2 saturated heterocycles. The van der Waals surface area contributed by atoms with E-state index in [-0.39, 0.29) is 36.3 Å². The van der Waals surface area contributed by atoms with E-state index in [1.807, 2.05) is 24.1 Å². The number of ether oxygens (including phenoxy) is 1. The fraction of sp³-hybridized carbons (Fsp3) is 0.700. The zero-order valence-electron chi connectivity index (χ0n) is 17.4. The number of amides is 1. The molecule has 0 bridgehead atoms. The SMILES string of the molecule is COCCN1CCN(C(=O)c2c(C)ccn(CC3CCCNC3)c2=O)CC1.Cl.Cl. The van der Waals surface area contributed by atoms with E-state index in [9.17, 15) is 9.59 Å². The number of nitrogens with one attached hydrogen (secondary N) is 1. The number of pyridine rings is 1. The number of hydrogen-bond donors (Lipinski definition) is 1. The number of piperazine rings is 1. The maximum absolute atomic E-state index is 13.1. The van der Waals surface area contributed by atoms with Crippen molar-refractivity contribution >= 4 is 30.7 Å². The van der Waals surface area contributed by atoms with Crippen LogP contribution in [-0.2, 0) is 11.3 Å². The van der Waals surface area contributed by atoms with Gasteiger partial charge in [0.25, 0.3) is 11.5 Å². The van der Waals surface area contributed by atoms with Crippen molar-refractivity contribution in [3.8, 4) is 0 Å². The number of aromatic nitrogens is 1. The minimum atomic E-state index is -0.146. The van der Waals surface area contributed by atoms with Gasteiger partial charge in [-0.1, -0.05) is 0 Å². The largest absolute Gasteiger partial charge is 0.383 e. The summed E-state index contributed by atoms with van der Waals surface area (Å²) < 4.78 is 6.85. The molecule has 1 aromatic rings. The highest BCUT2D eigenvalue weighted by molar-refractivity contribution is 5.95. The van der Waals surface area contributed by atoms with Gasteiger partial charge in [0, 0.05) is 52.6 Å². The maximum Gasteiger partial charge on any atom is 0.263 e. The van der Waals surface area contributed by atoms with Gasteiger partial charge in [-0.3, -0.25) is 14.5 Å². The molecule has 1 amide bonds. The van der Waals surface area contributed by atoms with Crippen molar-refractivity contribution in [2.24, 2.45) is 5.92 Å². The highest BCUT2D eigenvalue weighted by Crippen LogP contribution is 2.14. The second kappa shape index (κ2) is 12.5. The van der Waals surface area contributed by atoms with Crippen LogP contribution < -0.4 is 10.9 Å². The van der Waals surface area contributed by atoms with Crippen LogP contribution in [0.1, 0.15) is 28.8 Å². The Morgan fingerprint density at radius 3 is 2.59 bits per heavy atom. The summed E-state index contributed by atoms with van der Waals surface area (Å²) in [6, 6.07) is 1.90. The maximum atomic E-state index is 13.1. The number of rotatable bonds is 6. The van der Waals surface area contributed by atoms with Crippen molar-refractivity contribution in [3.05, 3.63) is 33.7 Å². The second-order valence-electron chi connectivity index (χ2n) is 7.67. The summed E-state index contributed by atoms with van der Waals surface area (Å²) in [7, 11) is 1.70. The standard InChI is InChI=1S/C20H32N4O3.2ClH/c1-16-5-7-24(15-17-4-3-6-21-14-17)20(26)18(16)19(25)23-10-8-22(9-11-23)12-13-27-2;;/h5,7,17,21H,3-4,6,8-15H2,1-2H3;2*1H. The van der Waals surface area contributed by atoms with Crippen molar-refractivity contribution in [1.29, 1.82) is 0 Å². The highest BCUT2D eigenvalue weighted by Gasteiger charge is 2.26. The van der Waals surface area contributed by atoms with Crippen LogP contribution in [0.3, 0.4) is 0 Å². The van der Waals surface area contributed by atoms with Crippen molar-refractivity contribution in [3.63, 3.8) is 0 Å². The molecule has 1 aromatic heterocycles. The summed E-state index contributed by atoms with van der Waals surface area (Å²) in [5.41, 5.74) is 0.962. The van der Waals surface area contributed by atoms with Crippen LogP contribution in [0.15, 0.2) is 17.1 Å². The van der Waals surface area contributed by atoms with Crippen molar-refractivity contribution in [1.82, 2.24) is 19.7 Å². The van der Waals surface area contributed by atoms with E-state index in [0.29, 0.717) is 37.7 Å². The Morgan fingerprint density at radius 1 is 1.24 bits per heavy atom. The van der Waals surface area contributed by atoms with Crippen LogP contribution in [0.25, 0.3) is 0 Å². The first-order chi connectivity index (χ1) is 13.1. The van der Waals surface area contributed by atoms with E-state index in [1.165, 1.54) is 0 Å². The van der Waals surface area contributed by atoms with Crippen LogP contribution in [0.2, 0.25) is 0 Å². The lowest BCUT2D eigenvalue weighted by Gasteiger charge is -2.34. The molecule has 29 heavy (non-hydrogen) atoms. The van der Waals surface area contributed by atoms with E-state index in [4.69, 9.17) is 4.74 Å². The highest BCUT2D eigenvalue weighted by atomic mass is 35.5. The van der Waals surface area contributed by atoms with E-state index >= 15 is 0 Å². The summed E-state index contributed by atoms with van der Waals surface area (Å²) in [5, 5.41) is 3.39. The molecule has 2 aliphatic rings. The Hall–Kier alpha value is -1.12. The molecule has 0 aromatic carbocycles. The Labute approximate surface area is 185 Å². The molecule has 3 rings (SSSR count). The zero-order valence-corrected chi connectivity index (χ0v) is 19.0. The monoisotopic (exact) mass is 448 g/mol. The average molecular weight is 449 g/mol. The van der Waals surface area contributed by atoms with E-state index in [2.05, 4.69) is 10.2 Å². The van der Waals surface area contributed by atoms with Crippen LogP contribution in [0.4, 0.5) is 0 Å². The zero-order chi connectivity index (χ0) is 19.2. The number of carbonyl (C=O) groups excluding carboxylic acids is 1. The van der Waals surface area contributed by atoms with Gasteiger partial charge in [-0.2, -0.15) is 0 Å². The predicted molar refractivity (Wildman–Crippen MR) is 120 cm³/mol. The number of methoxy groups -OCH3 is 1. The molecule has 2 aliphatic heterocycles. The van der Waals surface area contributed by atoms with Crippen LogP contribution >= 0.6 is 24.8 Å². The number of hydrogen-bond acceptors (Lipinski definition) is 5. The van der Waals surface area contributed by atoms with Crippen LogP contribution in [0, 0.1) is 12.8 Å². The number of carbonyl (C=O) groups is 1. The molecule has 166 valence electrons. The first kappa shape index (κ1) is 25.9. The third kappa shape index (κ3) is 6.69. The van der Waals surface area contributed by atoms with Gasteiger partial charge in [-0.25, -0.2) is 0 Å². The molecule has 1 atom stereocenters. The molecule has 0 spiro atoms. The molecule has 2 fully saturated rings. The van der Waals surface area contributed by atoms with Gasteiger partial charge in [-0.05, 0) is 50.4 Å². The third-order valence-electron chi connectivity index (χ3n) is 5.71. The smallest absolute Gasteiger partial charge is 0.263 e. The second-order valence-corrected chi connectivity index (χ2v) is 7.67. The van der Waals surface area contributed by atoms with Crippen LogP contribution in [0.5, 0.6) is 0 Å². The fourth-order valence-electron chi connectivity index (χ4n) is 3.98. The van der Waals surface area contributed by atoms with Gasteiger partial charge in [0.15, 0.2) is 0 Å². The predicted octanol–water partition coefficient (Wildman–Crippen LogP) is 1.40. The summed E-state index contributed by atoms with van der Waals surface area (Å²) in [4.78, 5) is 30.2. The number of piperidine rings is 1. The van der Waals surface area contributed by atoms with Crippen molar-refractivity contribution in [2.75, 3.05) is 59.5 Å². The van der Waals surface area contributed by atoms with Crippen LogP contribution in [-0.4, -0.2) is 79.8 Å². The quantitative estimate of drug-likeness (QED) is 0.712. The van der Waals surface area contributed by atoms with Gasteiger partial charge in [-0.15, -0.1) is 24.8 Å². The summed E-state index contributed by atoms with van der Waals surface area (Å²) in [5.74, 6) is 0.325. The first-order valence-corrected chi connectivity index (χ1v) is 10.0. The topological polar surface area (TPSA) is 66.8 Å². The normalized spacial score (nSPS) is 19.9. The molecule has 0 saturated carbocycles. The van der Waals surface area contributed by atoms with E-state index in [0.717, 1.165) is 51.1 Å². The molecule has 9 heteroatoms.